The summed E-state index contributed by atoms with van der Waals surface area (Å²) in [5.74, 6) is 1.66. The Kier molecular flexibility index (Phi) is 3.77. The van der Waals surface area contributed by atoms with Gasteiger partial charge in [-0.15, -0.1) is 0 Å². The zero-order chi connectivity index (χ0) is 14.1. The van der Waals surface area contributed by atoms with Gasteiger partial charge >= 0.3 is 0 Å². The minimum Gasteiger partial charge on any atom is -0.150 e. The smallest absolute Gasteiger partial charge is 0.0306 e. The topological polar surface area (TPSA) is 0 Å². The van der Waals surface area contributed by atoms with E-state index in [4.69, 9.17) is 0 Å². The lowest BCUT2D eigenvalue weighted by atomic mass is 9.80. The van der Waals surface area contributed by atoms with Crippen molar-refractivity contribution < 1.29 is 0 Å². The molecule has 4 atom stereocenters. The van der Waals surface area contributed by atoms with Gasteiger partial charge in [0.05, 0.1) is 0 Å². The fourth-order valence-corrected chi connectivity index (χ4v) is 6.11. The molecule has 2 fully saturated rings. The Labute approximate surface area is 132 Å². The van der Waals surface area contributed by atoms with E-state index >= 15 is 0 Å². The molecule has 2 aromatic rings. The van der Waals surface area contributed by atoms with Gasteiger partial charge in [-0.05, 0) is 42.2 Å². The van der Waals surface area contributed by atoms with Gasteiger partial charge in [-0.2, -0.15) is 11.8 Å². The molecule has 21 heavy (non-hydrogen) atoms. The van der Waals surface area contributed by atoms with Crippen molar-refractivity contribution in [1.29, 1.82) is 0 Å². The van der Waals surface area contributed by atoms with Crippen LogP contribution in [0.1, 0.15) is 48.0 Å². The van der Waals surface area contributed by atoms with Crippen molar-refractivity contribution in [1.82, 2.24) is 0 Å². The fourth-order valence-electron chi connectivity index (χ4n) is 4.22. The van der Waals surface area contributed by atoms with E-state index in [9.17, 15) is 0 Å². The third kappa shape index (κ3) is 2.64. The molecule has 4 unspecified atom stereocenters. The molecule has 0 radical (unpaired) electrons. The number of rotatable bonds is 2. The van der Waals surface area contributed by atoms with Crippen molar-refractivity contribution in [3.63, 3.8) is 0 Å². The van der Waals surface area contributed by atoms with E-state index in [0.29, 0.717) is 5.25 Å². The van der Waals surface area contributed by atoms with Gasteiger partial charge in [0.15, 0.2) is 0 Å². The summed E-state index contributed by atoms with van der Waals surface area (Å²) in [5, 5.41) is 1.55. The Morgan fingerprint density at radius 2 is 1.43 bits per heavy atom. The van der Waals surface area contributed by atoms with Gasteiger partial charge in [0.25, 0.3) is 0 Å². The predicted octanol–water partition coefficient (Wildman–Crippen LogP) is 5.82. The first-order valence-electron chi connectivity index (χ1n) is 8.17. The summed E-state index contributed by atoms with van der Waals surface area (Å²) in [6.07, 6.45) is 5.58. The van der Waals surface area contributed by atoms with Gasteiger partial charge < -0.3 is 0 Å². The molecule has 1 saturated carbocycles. The zero-order valence-corrected chi connectivity index (χ0v) is 13.1. The molecule has 1 saturated heterocycles. The Morgan fingerprint density at radius 3 is 2.14 bits per heavy atom. The summed E-state index contributed by atoms with van der Waals surface area (Å²) in [6, 6.07) is 22.4. The largest absolute Gasteiger partial charge is 0.150 e. The van der Waals surface area contributed by atoms with Gasteiger partial charge in [-0.25, -0.2) is 0 Å². The predicted molar refractivity (Wildman–Crippen MR) is 91.7 cm³/mol. The van der Waals surface area contributed by atoms with Crippen molar-refractivity contribution >= 4 is 11.8 Å². The summed E-state index contributed by atoms with van der Waals surface area (Å²) in [6.45, 7) is 0. The molecule has 2 aromatic carbocycles. The van der Waals surface area contributed by atoms with E-state index in [1.807, 2.05) is 0 Å². The molecule has 0 spiro atoms. The third-order valence-electron chi connectivity index (χ3n) is 5.23. The van der Waals surface area contributed by atoms with Crippen LogP contribution in [0.4, 0.5) is 0 Å². The average Bonchev–Trinajstić information content (AvgIpc) is 3.04. The Bertz CT molecular complexity index is 577. The minimum atomic E-state index is 0.677. The van der Waals surface area contributed by atoms with Gasteiger partial charge in [0.1, 0.15) is 0 Å². The summed E-state index contributed by atoms with van der Waals surface area (Å²) in [5.41, 5.74) is 3.09. The monoisotopic (exact) mass is 294 g/mol. The standard InChI is InChI=1S/C20H22S/c1-3-8-15(9-4-1)18-14-20(16-10-5-2-6-11-16)21-19-13-7-12-17(18)19/h1-6,8-11,17-20H,7,12-14H2. The first-order valence-corrected chi connectivity index (χ1v) is 9.11. The van der Waals surface area contributed by atoms with Crippen LogP contribution >= 0.6 is 11.8 Å². The molecule has 1 aliphatic carbocycles. The molecule has 1 heteroatoms. The van der Waals surface area contributed by atoms with Crippen molar-refractivity contribution in [2.75, 3.05) is 0 Å². The number of hydrogen-bond acceptors (Lipinski definition) is 1. The molecule has 1 heterocycles. The first-order chi connectivity index (χ1) is 10.4. The van der Waals surface area contributed by atoms with Crippen LogP contribution in [0.3, 0.4) is 0 Å². The maximum absolute atomic E-state index is 2.35. The number of thioether (sulfide) groups is 1. The fraction of sp³-hybridized carbons (Fsp3) is 0.400. The van der Waals surface area contributed by atoms with Crippen LogP contribution in [0.25, 0.3) is 0 Å². The van der Waals surface area contributed by atoms with Crippen LogP contribution in [-0.4, -0.2) is 5.25 Å². The molecule has 0 N–H and O–H groups in total. The van der Waals surface area contributed by atoms with Crippen molar-refractivity contribution in [2.45, 2.75) is 42.1 Å². The van der Waals surface area contributed by atoms with Crippen LogP contribution in [0.5, 0.6) is 0 Å². The SMILES string of the molecule is c1ccc(C2CC(c3ccccc3)C3CCCC3S2)cc1. The molecular weight excluding hydrogens is 272 g/mol. The molecule has 0 bridgehead atoms. The van der Waals surface area contributed by atoms with Crippen LogP contribution < -0.4 is 0 Å². The van der Waals surface area contributed by atoms with Gasteiger partial charge in [-0.1, -0.05) is 67.1 Å². The summed E-state index contributed by atoms with van der Waals surface area (Å²) in [7, 11) is 0. The minimum absolute atomic E-state index is 0.677. The van der Waals surface area contributed by atoms with Crippen LogP contribution in [-0.2, 0) is 0 Å². The van der Waals surface area contributed by atoms with Gasteiger partial charge in [-0.3, -0.25) is 0 Å². The summed E-state index contributed by atoms with van der Waals surface area (Å²) >= 11 is 2.25. The number of hydrogen-bond donors (Lipinski definition) is 0. The van der Waals surface area contributed by atoms with E-state index < -0.39 is 0 Å². The van der Waals surface area contributed by atoms with Crippen LogP contribution in [0.2, 0.25) is 0 Å². The maximum atomic E-state index is 2.35. The highest BCUT2D eigenvalue weighted by Crippen LogP contribution is 2.56. The van der Waals surface area contributed by atoms with E-state index in [1.165, 1.54) is 31.2 Å². The highest BCUT2D eigenvalue weighted by molar-refractivity contribution is 8.00. The maximum Gasteiger partial charge on any atom is 0.0306 e. The average molecular weight is 294 g/mol. The summed E-state index contributed by atoms with van der Waals surface area (Å²) < 4.78 is 0. The van der Waals surface area contributed by atoms with Crippen molar-refractivity contribution in [3.8, 4) is 0 Å². The van der Waals surface area contributed by atoms with Crippen molar-refractivity contribution in [3.05, 3.63) is 71.8 Å². The zero-order valence-electron chi connectivity index (χ0n) is 12.3. The van der Waals surface area contributed by atoms with E-state index in [2.05, 4.69) is 72.4 Å². The third-order valence-corrected chi connectivity index (χ3v) is 6.95. The Balaban J connectivity index is 1.65. The molecule has 4 rings (SSSR count). The molecule has 0 aromatic heterocycles. The lowest BCUT2D eigenvalue weighted by Crippen LogP contribution is -2.26. The first kappa shape index (κ1) is 13.5. The van der Waals surface area contributed by atoms with E-state index in [-0.39, 0.29) is 0 Å². The van der Waals surface area contributed by atoms with Crippen molar-refractivity contribution in [2.24, 2.45) is 5.92 Å². The van der Waals surface area contributed by atoms with E-state index in [0.717, 1.165) is 17.1 Å². The lowest BCUT2D eigenvalue weighted by molar-refractivity contribution is 0.399. The highest BCUT2D eigenvalue weighted by atomic mass is 32.2. The van der Waals surface area contributed by atoms with Crippen LogP contribution in [0, 0.1) is 5.92 Å². The molecule has 2 aliphatic rings. The second kappa shape index (κ2) is 5.88. The molecule has 0 amide bonds. The quantitative estimate of drug-likeness (QED) is 0.672. The number of benzene rings is 2. The van der Waals surface area contributed by atoms with Gasteiger partial charge in [0, 0.05) is 10.5 Å². The molecule has 108 valence electrons. The van der Waals surface area contributed by atoms with Crippen LogP contribution in [0.15, 0.2) is 60.7 Å². The highest BCUT2D eigenvalue weighted by Gasteiger charge is 2.41. The number of fused-ring (bicyclic) bond motifs is 1. The molecule has 0 nitrogen and oxygen atoms in total. The second-order valence-electron chi connectivity index (χ2n) is 6.42. The lowest BCUT2D eigenvalue weighted by Gasteiger charge is -2.39. The Morgan fingerprint density at radius 1 is 0.762 bits per heavy atom. The second-order valence-corrected chi connectivity index (χ2v) is 7.87. The summed E-state index contributed by atoms with van der Waals surface area (Å²) in [4.78, 5) is 0. The molecular formula is C20H22S. The molecule has 1 aliphatic heterocycles. The Hall–Kier alpha value is -1.21. The normalized spacial score (nSPS) is 31.8. The van der Waals surface area contributed by atoms with E-state index in [1.54, 1.807) is 5.56 Å². The van der Waals surface area contributed by atoms with Gasteiger partial charge in [0.2, 0.25) is 0 Å².